The van der Waals surface area contributed by atoms with E-state index in [-0.39, 0.29) is 5.22 Å². The average molecular weight is 286 g/mol. The standard InChI is InChI=1S/C14H14ClF2NO/c1-2-6-18-13(11-5-7-19-14(11)15)10-4-3-9(16)8-12(10)17/h3-5,7-8,13,18H,2,6H2,1H3. The number of hydrogen-bond acceptors (Lipinski definition) is 2. The molecule has 2 rings (SSSR count). The van der Waals surface area contributed by atoms with Crippen LogP contribution in [-0.4, -0.2) is 6.54 Å². The van der Waals surface area contributed by atoms with Crippen molar-refractivity contribution in [3.05, 3.63) is 58.5 Å². The molecule has 1 atom stereocenters. The van der Waals surface area contributed by atoms with Crippen LogP contribution < -0.4 is 5.32 Å². The van der Waals surface area contributed by atoms with Crippen LogP contribution >= 0.6 is 11.6 Å². The summed E-state index contributed by atoms with van der Waals surface area (Å²) >= 11 is 5.94. The molecule has 0 aliphatic carbocycles. The van der Waals surface area contributed by atoms with Crippen molar-refractivity contribution in [1.82, 2.24) is 5.32 Å². The fraction of sp³-hybridized carbons (Fsp3) is 0.286. The summed E-state index contributed by atoms with van der Waals surface area (Å²) in [6, 6.07) is 4.74. The first kappa shape index (κ1) is 14.0. The Kier molecular flexibility index (Phi) is 4.56. The summed E-state index contributed by atoms with van der Waals surface area (Å²) in [5.41, 5.74) is 0.985. The molecule has 0 spiro atoms. The minimum Gasteiger partial charge on any atom is -0.453 e. The molecule has 0 saturated heterocycles. The lowest BCUT2D eigenvalue weighted by atomic mass is 10.0. The molecule has 0 radical (unpaired) electrons. The molecule has 2 aromatic rings. The van der Waals surface area contributed by atoms with Crippen LogP contribution in [0, 0.1) is 11.6 Å². The lowest BCUT2D eigenvalue weighted by Gasteiger charge is -2.18. The Labute approximate surface area is 115 Å². The zero-order valence-electron chi connectivity index (χ0n) is 10.4. The molecular weight excluding hydrogens is 272 g/mol. The van der Waals surface area contributed by atoms with Crippen molar-refractivity contribution >= 4 is 11.6 Å². The molecule has 1 unspecified atom stereocenters. The molecule has 0 fully saturated rings. The fourth-order valence-electron chi connectivity index (χ4n) is 1.92. The summed E-state index contributed by atoms with van der Waals surface area (Å²) in [5.74, 6) is -1.21. The molecule has 0 amide bonds. The van der Waals surface area contributed by atoms with Crippen LogP contribution in [0.3, 0.4) is 0 Å². The first-order chi connectivity index (χ1) is 9.13. The molecule has 102 valence electrons. The third-order valence-corrected chi connectivity index (χ3v) is 3.14. The largest absolute Gasteiger partial charge is 0.453 e. The number of rotatable bonds is 5. The minimum absolute atomic E-state index is 0.206. The van der Waals surface area contributed by atoms with Crippen LogP contribution in [0.4, 0.5) is 8.78 Å². The van der Waals surface area contributed by atoms with E-state index in [4.69, 9.17) is 16.0 Å². The third-order valence-electron chi connectivity index (χ3n) is 2.83. The lowest BCUT2D eigenvalue weighted by molar-refractivity contribution is 0.523. The SMILES string of the molecule is CCCNC(c1ccc(F)cc1F)c1ccoc1Cl. The molecule has 1 N–H and O–H groups in total. The lowest BCUT2D eigenvalue weighted by Crippen LogP contribution is -2.24. The van der Waals surface area contributed by atoms with Crippen LogP contribution in [0.15, 0.2) is 34.9 Å². The second-order valence-corrected chi connectivity index (χ2v) is 4.55. The van der Waals surface area contributed by atoms with Gasteiger partial charge in [-0.3, -0.25) is 0 Å². The van der Waals surface area contributed by atoms with Gasteiger partial charge in [0.1, 0.15) is 11.6 Å². The van der Waals surface area contributed by atoms with Gasteiger partial charge in [-0.2, -0.15) is 0 Å². The fourth-order valence-corrected chi connectivity index (χ4v) is 2.15. The van der Waals surface area contributed by atoms with Gasteiger partial charge in [0.2, 0.25) is 0 Å². The highest BCUT2D eigenvalue weighted by molar-refractivity contribution is 6.29. The molecule has 0 saturated carbocycles. The van der Waals surface area contributed by atoms with Gasteiger partial charge in [0.15, 0.2) is 5.22 Å². The van der Waals surface area contributed by atoms with E-state index in [0.29, 0.717) is 17.7 Å². The first-order valence-electron chi connectivity index (χ1n) is 6.04. The van der Waals surface area contributed by atoms with Gasteiger partial charge in [0.05, 0.1) is 12.3 Å². The molecule has 19 heavy (non-hydrogen) atoms. The Balaban J connectivity index is 2.40. The van der Waals surface area contributed by atoms with E-state index in [2.05, 4.69) is 5.32 Å². The summed E-state index contributed by atoms with van der Waals surface area (Å²) in [6.45, 7) is 2.69. The van der Waals surface area contributed by atoms with Crippen LogP contribution in [0.5, 0.6) is 0 Å². The van der Waals surface area contributed by atoms with Crippen LogP contribution in [0.1, 0.15) is 30.5 Å². The van der Waals surface area contributed by atoms with Gasteiger partial charge in [0, 0.05) is 17.2 Å². The maximum Gasteiger partial charge on any atom is 0.198 e. The molecule has 0 aliphatic rings. The monoisotopic (exact) mass is 285 g/mol. The number of furan rings is 1. The average Bonchev–Trinajstić information content (AvgIpc) is 2.78. The van der Waals surface area contributed by atoms with E-state index in [9.17, 15) is 8.78 Å². The topological polar surface area (TPSA) is 25.2 Å². The molecule has 1 aromatic heterocycles. The molecule has 5 heteroatoms. The third kappa shape index (κ3) is 3.14. The Morgan fingerprint density at radius 3 is 2.63 bits per heavy atom. The number of halogens is 3. The zero-order chi connectivity index (χ0) is 13.8. The highest BCUT2D eigenvalue weighted by Gasteiger charge is 2.21. The van der Waals surface area contributed by atoms with Crippen LogP contribution in [0.2, 0.25) is 5.22 Å². The molecule has 2 nitrogen and oxygen atoms in total. The van der Waals surface area contributed by atoms with Crippen LogP contribution in [0.25, 0.3) is 0 Å². The number of hydrogen-bond donors (Lipinski definition) is 1. The van der Waals surface area contributed by atoms with E-state index in [1.807, 2.05) is 6.92 Å². The smallest absolute Gasteiger partial charge is 0.198 e. The highest BCUT2D eigenvalue weighted by atomic mass is 35.5. The van der Waals surface area contributed by atoms with Gasteiger partial charge in [0.25, 0.3) is 0 Å². The summed E-state index contributed by atoms with van der Waals surface area (Å²) in [4.78, 5) is 0. The van der Waals surface area contributed by atoms with Gasteiger partial charge in [-0.25, -0.2) is 8.78 Å². The van der Waals surface area contributed by atoms with E-state index in [1.54, 1.807) is 6.07 Å². The zero-order valence-corrected chi connectivity index (χ0v) is 11.2. The maximum absolute atomic E-state index is 13.9. The van der Waals surface area contributed by atoms with Crippen LogP contribution in [-0.2, 0) is 0 Å². The van der Waals surface area contributed by atoms with Crippen molar-refractivity contribution in [2.24, 2.45) is 0 Å². The maximum atomic E-state index is 13.9. The quantitative estimate of drug-likeness (QED) is 0.886. The van der Waals surface area contributed by atoms with Gasteiger partial charge < -0.3 is 9.73 Å². The summed E-state index contributed by atoms with van der Waals surface area (Å²) in [5, 5.41) is 3.39. The second-order valence-electron chi connectivity index (χ2n) is 4.20. The van der Waals surface area contributed by atoms with Crippen molar-refractivity contribution < 1.29 is 13.2 Å². The molecule has 1 aromatic carbocycles. The number of nitrogens with one attached hydrogen (secondary N) is 1. The van der Waals surface area contributed by atoms with Crippen molar-refractivity contribution in [2.75, 3.05) is 6.54 Å². The van der Waals surface area contributed by atoms with E-state index < -0.39 is 17.7 Å². The highest BCUT2D eigenvalue weighted by Crippen LogP contribution is 2.30. The molecule has 1 heterocycles. The Hall–Kier alpha value is -1.39. The predicted octanol–water partition coefficient (Wildman–Crippen LogP) is 4.30. The van der Waals surface area contributed by atoms with Crippen molar-refractivity contribution in [1.29, 1.82) is 0 Å². The minimum atomic E-state index is -0.606. The Morgan fingerprint density at radius 1 is 1.26 bits per heavy atom. The molecule has 0 bridgehead atoms. The second kappa shape index (κ2) is 6.17. The van der Waals surface area contributed by atoms with Crippen molar-refractivity contribution in [3.8, 4) is 0 Å². The van der Waals surface area contributed by atoms with E-state index in [1.165, 1.54) is 18.4 Å². The van der Waals surface area contributed by atoms with Crippen molar-refractivity contribution in [2.45, 2.75) is 19.4 Å². The van der Waals surface area contributed by atoms with Gasteiger partial charge in [-0.15, -0.1) is 0 Å². The molecule has 0 aliphatic heterocycles. The Morgan fingerprint density at radius 2 is 2.05 bits per heavy atom. The predicted molar refractivity (Wildman–Crippen MR) is 70.2 cm³/mol. The van der Waals surface area contributed by atoms with E-state index >= 15 is 0 Å². The first-order valence-corrected chi connectivity index (χ1v) is 6.42. The number of benzene rings is 1. The van der Waals surface area contributed by atoms with Crippen molar-refractivity contribution in [3.63, 3.8) is 0 Å². The summed E-state index contributed by atoms with van der Waals surface area (Å²) in [7, 11) is 0. The summed E-state index contributed by atoms with van der Waals surface area (Å²) < 4.78 is 31.9. The normalized spacial score (nSPS) is 12.6. The Bertz CT molecular complexity index is 556. The molecular formula is C14H14ClF2NO. The van der Waals surface area contributed by atoms with Gasteiger partial charge >= 0.3 is 0 Å². The van der Waals surface area contributed by atoms with E-state index in [0.717, 1.165) is 12.5 Å². The van der Waals surface area contributed by atoms with Gasteiger partial charge in [-0.05, 0) is 36.7 Å². The van der Waals surface area contributed by atoms with Gasteiger partial charge in [-0.1, -0.05) is 13.0 Å². The summed E-state index contributed by atoms with van der Waals surface area (Å²) in [6.07, 6.45) is 2.33.